The smallest absolute Gasteiger partial charge is 0.337 e. The van der Waals surface area contributed by atoms with Crippen LogP contribution in [0, 0.1) is 6.92 Å². The summed E-state index contributed by atoms with van der Waals surface area (Å²) in [5.41, 5.74) is 4.58. The van der Waals surface area contributed by atoms with E-state index in [1.807, 2.05) is 43.5 Å². The van der Waals surface area contributed by atoms with Crippen LogP contribution in [0.1, 0.15) is 44.3 Å². The fourth-order valence-corrected chi connectivity index (χ4v) is 4.49. The van der Waals surface area contributed by atoms with Gasteiger partial charge in [-0.25, -0.2) is 4.79 Å². The Labute approximate surface area is 214 Å². The lowest BCUT2D eigenvalue weighted by Crippen LogP contribution is -2.02. The number of rotatable bonds is 7. The number of ketones is 1. The van der Waals surface area contributed by atoms with Crippen molar-refractivity contribution in [3.8, 4) is 17.2 Å². The number of carbonyl (C=O) groups excluding carboxylic acids is 2. The molecule has 0 fully saturated rings. The number of benzene rings is 3. The highest BCUT2D eigenvalue weighted by molar-refractivity contribution is 6.15. The summed E-state index contributed by atoms with van der Waals surface area (Å²) in [6, 6.07) is 16.5. The molecule has 0 spiro atoms. The quantitative estimate of drug-likeness (QED) is 0.232. The monoisotopic (exact) mass is 497 g/mol. The van der Waals surface area contributed by atoms with Gasteiger partial charge >= 0.3 is 5.97 Å². The first-order valence-electron chi connectivity index (χ1n) is 12.0. The van der Waals surface area contributed by atoms with Gasteiger partial charge in [-0.2, -0.15) is 0 Å². The van der Waals surface area contributed by atoms with Crippen molar-refractivity contribution in [2.75, 3.05) is 14.2 Å². The first-order valence-corrected chi connectivity index (χ1v) is 12.0. The van der Waals surface area contributed by atoms with Gasteiger partial charge in [-0.3, -0.25) is 4.79 Å². The van der Waals surface area contributed by atoms with Crippen LogP contribution < -0.4 is 14.2 Å². The normalized spacial score (nSPS) is 13.5. The molecule has 0 amide bonds. The Bertz CT molecular complexity index is 1540. The third-order valence-corrected chi connectivity index (χ3v) is 6.55. The number of Topliss-reactive ketones (excluding diaryl/α,β-unsaturated/α-hetero) is 1. The minimum atomic E-state index is -0.383. The summed E-state index contributed by atoms with van der Waals surface area (Å²) in [5, 5.41) is 0.986. The molecule has 4 aromatic rings. The van der Waals surface area contributed by atoms with E-state index < -0.39 is 0 Å². The average molecular weight is 498 g/mol. The van der Waals surface area contributed by atoms with Gasteiger partial charge in [0.15, 0.2) is 5.76 Å². The molecule has 0 unspecified atom stereocenters. The first-order chi connectivity index (χ1) is 17.9. The lowest BCUT2D eigenvalue weighted by Gasteiger charge is -2.11. The van der Waals surface area contributed by atoms with Crippen molar-refractivity contribution in [3.63, 3.8) is 0 Å². The lowest BCUT2D eigenvalue weighted by atomic mass is 10.1. The van der Waals surface area contributed by atoms with E-state index in [4.69, 9.17) is 18.9 Å². The zero-order chi connectivity index (χ0) is 26.1. The molecule has 5 rings (SSSR count). The topological polar surface area (TPSA) is 76.0 Å². The molecule has 37 heavy (non-hydrogen) atoms. The maximum Gasteiger partial charge on any atom is 0.337 e. The maximum absolute atomic E-state index is 13.2. The molecule has 1 aliphatic heterocycles. The van der Waals surface area contributed by atoms with Gasteiger partial charge in [0.1, 0.15) is 23.9 Å². The van der Waals surface area contributed by atoms with Gasteiger partial charge in [0.05, 0.1) is 25.3 Å². The summed E-state index contributed by atoms with van der Waals surface area (Å²) >= 11 is 0. The molecule has 0 N–H and O–H groups in total. The van der Waals surface area contributed by atoms with Crippen LogP contribution in [0.15, 0.2) is 66.6 Å². The molecule has 7 nitrogen and oxygen atoms in total. The Balaban J connectivity index is 1.39. The van der Waals surface area contributed by atoms with Crippen LogP contribution in [0.2, 0.25) is 0 Å². The largest absolute Gasteiger partial charge is 0.497 e. The van der Waals surface area contributed by atoms with Crippen LogP contribution in [0.4, 0.5) is 0 Å². The summed E-state index contributed by atoms with van der Waals surface area (Å²) < 4.78 is 24.4. The number of methoxy groups -OCH3 is 2. The first kappa shape index (κ1) is 24.2. The van der Waals surface area contributed by atoms with Gasteiger partial charge in [-0.1, -0.05) is 12.1 Å². The number of ether oxygens (including phenoxy) is 4. The SMILES string of the molecule is CCn1cc(C=C2Oc3c(ccc(OCc4ccc(C(=O)OC)cc4)c3C)C2=O)c2cc(OC)ccc21. The molecule has 2 heterocycles. The van der Waals surface area contributed by atoms with Crippen LogP contribution in [0.5, 0.6) is 17.2 Å². The van der Waals surface area contributed by atoms with E-state index >= 15 is 0 Å². The predicted octanol–water partition coefficient (Wildman–Crippen LogP) is 5.96. The third-order valence-electron chi connectivity index (χ3n) is 6.55. The van der Waals surface area contributed by atoms with E-state index in [-0.39, 0.29) is 17.5 Å². The molecular formula is C30H27NO6. The zero-order valence-corrected chi connectivity index (χ0v) is 21.2. The van der Waals surface area contributed by atoms with Crippen molar-refractivity contribution in [1.82, 2.24) is 4.57 Å². The van der Waals surface area contributed by atoms with Crippen molar-refractivity contribution in [2.45, 2.75) is 27.0 Å². The van der Waals surface area contributed by atoms with Crippen molar-refractivity contribution >= 4 is 28.7 Å². The van der Waals surface area contributed by atoms with Crippen molar-refractivity contribution in [1.29, 1.82) is 0 Å². The second-order valence-electron chi connectivity index (χ2n) is 8.74. The number of aromatic nitrogens is 1. The molecule has 3 aromatic carbocycles. The molecular weight excluding hydrogens is 470 g/mol. The van der Waals surface area contributed by atoms with Crippen molar-refractivity contribution in [3.05, 3.63) is 94.4 Å². The van der Waals surface area contributed by atoms with Gasteiger partial charge in [0.25, 0.3) is 0 Å². The maximum atomic E-state index is 13.2. The molecule has 1 aliphatic rings. The van der Waals surface area contributed by atoms with Crippen LogP contribution in [0.25, 0.3) is 17.0 Å². The van der Waals surface area contributed by atoms with E-state index in [2.05, 4.69) is 11.5 Å². The Kier molecular flexibility index (Phi) is 6.44. The summed E-state index contributed by atoms with van der Waals surface area (Å²) in [4.78, 5) is 24.8. The van der Waals surface area contributed by atoms with Gasteiger partial charge in [0, 0.05) is 34.8 Å². The molecule has 0 radical (unpaired) electrons. The molecule has 0 saturated carbocycles. The Morgan fingerprint density at radius 3 is 2.54 bits per heavy atom. The number of esters is 1. The minimum absolute atomic E-state index is 0.164. The van der Waals surface area contributed by atoms with Crippen LogP contribution in [-0.2, 0) is 17.9 Å². The molecule has 0 saturated heterocycles. The summed E-state index contributed by atoms with van der Waals surface area (Å²) in [6.07, 6.45) is 3.81. The van der Waals surface area contributed by atoms with E-state index in [1.54, 1.807) is 37.5 Å². The second-order valence-corrected chi connectivity index (χ2v) is 8.74. The predicted molar refractivity (Wildman–Crippen MR) is 140 cm³/mol. The fraction of sp³-hybridized carbons (Fsp3) is 0.200. The summed E-state index contributed by atoms with van der Waals surface area (Å²) in [5.74, 6) is 1.60. The number of hydrogen-bond donors (Lipinski definition) is 0. The third kappa shape index (κ3) is 4.44. The van der Waals surface area contributed by atoms with E-state index in [1.165, 1.54) is 7.11 Å². The molecule has 0 aliphatic carbocycles. The van der Waals surface area contributed by atoms with Crippen LogP contribution in [0.3, 0.4) is 0 Å². The zero-order valence-electron chi connectivity index (χ0n) is 21.2. The van der Waals surface area contributed by atoms with Gasteiger partial charge in [-0.15, -0.1) is 0 Å². The number of allylic oxidation sites excluding steroid dienone is 1. The van der Waals surface area contributed by atoms with Gasteiger partial charge < -0.3 is 23.5 Å². The van der Waals surface area contributed by atoms with Crippen LogP contribution in [-0.4, -0.2) is 30.5 Å². The Hall–Kier alpha value is -4.52. The summed E-state index contributed by atoms with van der Waals surface area (Å²) in [7, 11) is 2.99. The van der Waals surface area contributed by atoms with Gasteiger partial charge in [-0.05, 0) is 68.0 Å². The number of nitrogens with zero attached hydrogens (tertiary/aromatic N) is 1. The highest BCUT2D eigenvalue weighted by Gasteiger charge is 2.30. The Morgan fingerprint density at radius 1 is 1.05 bits per heavy atom. The molecule has 7 heteroatoms. The minimum Gasteiger partial charge on any atom is -0.497 e. The molecule has 1 aromatic heterocycles. The van der Waals surface area contributed by atoms with Gasteiger partial charge in [0.2, 0.25) is 5.78 Å². The molecule has 188 valence electrons. The fourth-order valence-electron chi connectivity index (χ4n) is 4.49. The number of carbonyl (C=O) groups is 2. The molecule has 0 atom stereocenters. The highest BCUT2D eigenvalue weighted by atomic mass is 16.5. The highest BCUT2D eigenvalue weighted by Crippen LogP contribution is 2.40. The van der Waals surface area contributed by atoms with Crippen LogP contribution >= 0.6 is 0 Å². The van der Waals surface area contributed by atoms with Crippen molar-refractivity contribution in [2.24, 2.45) is 0 Å². The second kappa shape index (κ2) is 9.85. The van der Waals surface area contributed by atoms with E-state index in [0.717, 1.165) is 39.9 Å². The summed E-state index contributed by atoms with van der Waals surface area (Å²) in [6.45, 7) is 5.05. The van der Waals surface area contributed by atoms with E-state index in [9.17, 15) is 9.59 Å². The average Bonchev–Trinajstić information content (AvgIpc) is 3.45. The van der Waals surface area contributed by atoms with E-state index in [0.29, 0.717) is 29.2 Å². The van der Waals surface area contributed by atoms with Crippen molar-refractivity contribution < 1.29 is 28.5 Å². The number of fused-ring (bicyclic) bond motifs is 2. The lowest BCUT2D eigenvalue weighted by molar-refractivity contribution is 0.0600. The molecule has 0 bridgehead atoms. The standard InChI is InChI=1S/C30H27NO6/c1-5-31-16-21(24-15-22(34-3)10-12-25(24)31)14-27-28(32)23-11-13-26(18(2)29(23)37-27)36-17-19-6-8-20(9-7-19)30(33)35-4/h6-16H,5,17H2,1-4H3. The number of aryl methyl sites for hydroxylation is 1. The Morgan fingerprint density at radius 2 is 1.84 bits per heavy atom. The number of hydrogen-bond acceptors (Lipinski definition) is 6.